The fraction of sp³-hybridized carbons (Fsp3) is 0.619. The second-order valence-corrected chi connectivity index (χ2v) is 8.97. The van der Waals surface area contributed by atoms with Gasteiger partial charge in [-0.3, -0.25) is 9.36 Å². The highest BCUT2D eigenvalue weighted by Gasteiger charge is 2.23. The number of fused-ring (bicyclic) bond motifs is 1. The average molecular weight is 367 g/mol. The molecular formula is C21H29N5O. The van der Waals surface area contributed by atoms with E-state index >= 15 is 0 Å². The maximum atomic E-state index is 12.4. The summed E-state index contributed by atoms with van der Waals surface area (Å²) in [4.78, 5) is 19.3. The summed E-state index contributed by atoms with van der Waals surface area (Å²) >= 11 is 0. The van der Waals surface area contributed by atoms with Crippen LogP contribution in [-0.2, 0) is 24.8 Å². The van der Waals surface area contributed by atoms with Gasteiger partial charge in [-0.1, -0.05) is 20.8 Å². The molecule has 0 amide bonds. The van der Waals surface area contributed by atoms with Gasteiger partial charge in [0, 0.05) is 31.1 Å². The van der Waals surface area contributed by atoms with Gasteiger partial charge in [-0.15, -0.1) is 5.10 Å². The van der Waals surface area contributed by atoms with E-state index in [2.05, 4.69) is 46.9 Å². The van der Waals surface area contributed by atoms with Crippen molar-refractivity contribution < 1.29 is 0 Å². The Morgan fingerprint density at radius 1 is 1.11 bits per heavy atom. The Bertz CT molecular complexity index is 875. The molecule has 1 saturated heterocycles. The van der Waals surface area contributed by atoms with Crippen LogP contribution in [0.4, 0.5) is 5.82 Å². The van der Waals surface area contributed by atoms with Gasteiger partial charge in [0.2, 0.25) is 0 Å². The maximum Gasteiger partial charge on any atom is 0.253 e. The highest BCUT2D eigenvalue weighted by Crippen LogP contribution is 2.26. The second-order valence-electron chi connectivity index (χ2n) is 8.97. The number of aromatic nitrogens is 4. The van der Waals surface area contributed by atoms with Crippen LogP contribution in [0, 0.1) is 5.92 Å². The summed E-state index contributed by atoms with van der Waals surface area (Å²) in [5.74, 6) is 1.52. The number of aryl methyl sites for hydroxylation is 2. The van der Waals surface area contributed by atoms with Crippen LogP contribution < -0.4 is 10.5 Å². The summed E-state index contributed by atoms with van der Waals surface area (Å²) in [7, 11) is 0. The fourth-order valence-corrected chi connectivity index (χ4v) is 4.07. The molecule has 1 fully saturated rings. The predicted octanol–water partition coefficient (Wildman–Crippen LogP) is 2.74. The highest BCUT2D eigenvalue weighted by atomic mass is 16.1. The number of piperidine rings is 1. The van der Waals surface area contributed by atoms with E-state index in [9.17, 15) is 4.79 Å². The second kappa shape index (κ2) is 7.06. The first-order chi connectivity index (χ1) is 12.9. The molecule has 0 bridgehead atoms. The van der Waals surface area contributed by atoms with Crippen LogP contribution in [0.15, 0.2) is 23.3 Å². The minimum atomic E-state index is -0.0967. The van der Waals surface area contributed by atoms with Crippen molar-refractivity contribution in [1.29, 1.82) is 0 Å². The number of hydrogen-bond donors (Lipinski definition) is 0. The van der Waals surface area contributed by atoms with Crippen LogP contribution in [0.5, 0.6) is 0 Å². The zero-order chi connectivity index (χ0) is 19.0. The van der Waals surface area contributed by atoms with Gasteiger partial charge in [0.15, 0.2) is 5.82 Å². The lowest BCUT2D eigenvalue weighted by Gasteiger charge is -2.33. The van der Waals surface area contributed by atoms with Crippen LogP contribution in [0.2, 0.25) is 0 Å². The zero-order valence-corrected chi connectivity index (χ0v) is 16.6. The van der Waals surface area contributed by atoms with Crippen LogP contribution in [0.25, 0.3) is 0 Å². The molecule has 4 rings (SSSR count). The van der Waals surface area contributed by atoms with Crippen molar-refractivity contribution in [3.05, 3.63) is 45.8 Å². The fourth-order valence-electron chi connectivity index (χ4n) is 4.07. The van der Waals surface area contributed by atoms with Gasteiger partial charge in [-0.2, -0.15) is 5.10 Å². The third-order valence-electron chi connectivity index (χ3n) is 5.85. The van der Waals surface area contributed by atoms with E-state index in [1.165, 1.54) is 17.7 Å². The van der Waals surface area contributed by atoms with Gasteiger partial charge in [0.05, 0.1) is 17.7 Å². The summed E-state index contributed by atoms with van der Waals surface area (Å²) in [6.07, 6.45) is 7.25. The zero-order valence-electron chi connectivity index (χ0n) is 16.6. The van der Waals surface area contributed by atoms with Crippen LogP contribution >= 0.6 is 0 Å². The molecule has 27 heavy (non-hydrogen) atoms. The summed E-state index contributed by atoms with van der Waals surface area (Å²) in [5.41, 5.74) is 3.37. The van der Waals surface area contributed by atoms with Crippen molar-refractivity contribution in [3.63, 3.8) is 0 Å². The number of nitrogens with zero attached hydrogens (tertiary/aromatic N) is 5. The Balaban J connectivity index is 1.38. The molecule has 0 radical (unpaired) electrons. The van der Waals surface area contributed by atoms with Gasteiger partial charge < -0.3 is 4.90 Å². The lowest BCUT2D eigenvalue weighted by molar-refractivity contribution is 0.349. The van der Waals surface area contributed by atoms with E-state index in [-0.39, 0.29) is 11.0 Å². The summed E-state index contributed by atoms with van der Waals surface area (Å²) in [6.45, 7) is 8.94. The Labute approximate surface area is 160 Å². The topological polar surface area (TPSA) is 63.9 Å². The third-order valence-corrected chi connectivity index (χ3v) is 5.85. The first-order valence-corrected chi connectivity index (χ1v) is 10.1. The third kappa shape index (κ3) is 3.89. The normalized spacial score (nSPS) is 18.0. The maximum absolute atomic E-state index is 12.4. The largest absolute Gasteiger partial charge is 0.355 e. The molecular weight excluding hydrogens is 338 g/mol. The molecule has 1 aliphatic carbocycles. The molecule has 2 aromatic heterocycles. The molecule has 144 valence electrons. The average Bonchev–Trinajstić information content (AvgIpc) is 3.11. The summed E-state index contributed by atoms with van der Waals surface area (Å²) < 4.78 is 1.77. The highest BCUT2D eigenvalue weighted by molar-refractivity contribution is 5.43. The van der Waals surface area contributed by atoms with E-state index in [4.69, 9.17) is 0 Å². The Morgan fingerprint density at radius 3 is 2.59 bits per heavy atom. The summed E-state index contributed by atoms with van der Waals surface area (Å²) in [5, 5.41) is 8.86. The number of hydrogen-bond acceptors (Lipinski definition) is 5. The molecule has 2 aromatic rings. The standard InChI is InChI=1S/C21H29N5O/c1-21(2,3)18-12-20(27)26(14-22-18)13-15-7-9-25(10-8-15)19-11-16-5-4-6-17(16)23-24-19/h11-12,14-15H,4-10,13H2,1-3H3. The van der Waals surface area contributed by atoms with Gasteiger partial charge in [-0.05, 0) is 49.7 Å². The van der Waals surface area contributed by atoms with Crippen molar-refractivity contribution in [2.24, 2.45) is 5.92 Å². The minimum Gasteiger partial charge on any atom is -0.355 e. The Hall–Kier alpha value is -2.24. The van der Waals surface area contributed by atoms with E-state index in [1.54, 1.807) is 17.0 Å². The Morgan fingerprint density at radius 2 is 1.89 bits per heavy atom. The molecule has 0 aromatic carbocycles. The molecule has 0 N–H and O–H groups in total. The predicted molar refractivity (Wildman–Crippen MR) is 106 cm³/mol. The van der Waals surface area contributed by atoms with E-state index < -0.39 is 0 Å². The van der Waals surface area contributed by atoms with E-state index in [1.807, 2.05) is 0 Å². The molecule has 3 heterocycles. The van der Waals surface area contributed by atoms with E-state index in [0.717, 1.165) is 56.8 Å². The van der Waals surface area contributed by atoms with Gasteiger partial charge in [0.25, 0.3) is 5.56 Å². The first-order valence-electron chi connectivity index (χ1n) is 10.1. The molecule has 6 heteroatoms. The summed E-state index contributed by atoms with van der Waals surface area (Å²) in [6, 6.07) is 3.92. The van der Waals surface area contributed by atoms with Crippen molar-refractivity contribution in [1.82, 2.24) is 19.7 Å². The van der Waals surface area contributed by atoms with Gasteiger partial charge in [0.1, 0.15) is 0 Å². The van der Waals surface area contributed by atoms with Crippen molar-refractivity contribution >= 4 is 5.82 Å². The van der Waals surface area contributed by atoms with Crippen molar-refractivity contribution in [2.45, 2.75) is 64.8 Å². The SMILES string of the molecule is CC(C)(C)c1cc(=O)n(CC2CCN(c3cc4c(nn3)CCC4)CC2)cn1. The molecule has 0 atom stereocenters. The van der Waals surface area contributed by atoms with Gasteiger partial charge in [-0.25, -0.2) is 4.98 Å². The van der Waals surface area contributed by atoms with Crippen LogP contribution in [0.1, 0.15) is 57.0 Å². The van der Waals surface area contributed by atoms with Gasteiger partial charge >= 0.3 is 0 Å². The smallest absolute Gasteiger partial charge is 0.253 e. The molecule has 2 aliphatic rings. The quantitative estimate of drug-likeness (QED) is 0.835. The molecule has 0 unspecified atom stereocenters. The molecule has 0 spiro atoms. The lowest BCUT2D eigenvalue weighted by atomic mass is 9.92. The van der Waals surface area contributed by atoms with Crippen molar-refractivity contribution in [3.8, 4) is 0 Å². The monoisotopic (exact) mass is 367 g/mol. The number of anilines is 1. The molecule has 1 aliphatic heterocycles. The lowest BCUT2D eigenvalue weighted by Crippen LogP contribution is -2.37. The minimum absolute atomic E-state index is 0.0573. The molecule has 6 nitrogen and oxygen atoms in total. The Kier molecular flexibility index (Phi) is 4.74. The number of rotatable bonds is 3. The van der Waals surface area contributed by atoms with Crippen molar-refractivity contribution in [2.75, 3.05) is 18.0 Å². The molecule has 0 saturated carbocycles. The van der Waals surface area contributed by atoms with E-state index in [0.29, 0.717) is 5.92 Å². The van der Waals surface area contributed by atoms with Crippen LogP contribution in [-0.4, -0.2) is 32.8 Å². The van der Waals surface area contributed by atoms with Crippen LogP contribution in [0.3, 0.4) is 0 Å². The first kappa shape index (κ1) is 18.1.